The van der Waals surface area contributed by atoms with Gasteiger partial charge in [-0.2, -0.15) is 0 Å². The molecule has 3 heterocycles. The maximum absolute atomic E-state index is 13.2. The third-order valence-corrected chi connectivity index (χ3v) is 10.6. The van der Waals surface area contributed by atoms with Crippen molar-refractivity contribution in [2.45, 2.75) is 61.6 Å². The highest BCUT2D eigenvalue weighted by molar-refractivity contribution is 7.91. The van der Waals surface area contributed by atoms with Crippen LogP contribution in [-0.4, -0.2) is 61.0 Å². The Kier molecular flexibility index (Phi) is 8.77. The first-order chi connectivity index (χ1) is 22.4. The van der Waals surface area contributed by atoms with Crippen molar-refractivity contribution in [2.75, 3.05) is 18.5 Å². The minimum Gasteiger partial charge on any atom is -0.491 e. The van der Waals surface area contributed by atoms with Gasteiger partial charge in [0.25, 0.3) is 11.8 Å². The summed E-state index contributed by atoms with van der Waals surface area (Å²) in [6.07, 6.45) is 3.14. The van der Waals surface area contributed by atoms with E-state index in [4.69, 9.17) is 9.47 Å². The number of likely N-dealkylation sites (tertiary alicyclic amines) is 1. The summed E-state index contributed by atoms with van der Waals surface area (Å²) in [5, 5.41) is 6.24. The van der Waals surface area contributed by atoms with Crippen LogP contribution in [0.4, 0.5) is 10.5 Å². The van der Waals surface area contributed by atoms with Gasteiger partial charge in [0, 0.05) is 28.7 Å². The van der Waals surface area contributed by atoms with Gasteiger partial charge in [0.05, 0.1) is 33.6 Å². The van der Waals surface area contributed by atoms with E-state index in [1.54, 1.807) is 23.2 Å². The van der Waals surface area contributed by atoms with E-state index in [2.05, 4.69) is 15.6 Å². The van der Waals surface area contributed by atoms with Crippen LogP contribution >= 0.6 is 11.3 Å². The average molecular weight is 675 g/mol. The van der Waals surface area contributed by atoms with Gasteiger partial charge in [0.15, 0.2) is 0 Å². The van der Waals surface area contributed by atoms with E-state index in [-0.39, 0.29) is 45.3 Å². The number of carbonyl (C=O) groups excluding carboxylic acids is 3. The maximum Gasteiger partial charge on any atom is 0.410 e. The van der Waals surface area contributed by atoms with Crippen LogP contribution in [0, 0.1) is 0 Å². The summed E-state index contributed by atoms with van der Waals surface area (Å²) >= 11 is 1.43. The molecule has 6 rings (SSSR count). The van der Waals surface area contributed by atoms with Crippen LogP contribution in [0.5, 0.6) is 5.75 Å². The largest absolute Gasteiger partial charge is 0.491 e. The van der Waals surface area contributed by atoms with Crippen molar-refractivity contribution < 1.29 is 32.3 Å². The van der Waals surface area contributed by atoms with Gasteiger partial charge in [-0.25, -0.2) is 18.2 Å². The molecule has 47 heavy (non-hydrogen) atoms. The molecule has 1 saturated heterocycles. The minimum atomic E-state index is -3.96. The standard InChI is InChI=1S/C34H34N4O7S2/c1-34(2,3)45-33(41)38-16-6-7-23(38)20-44-24-13-10-21(11-14-24)32-36-19-25(46-32)18-35-30(39)22-12-15-29-27(17-22)37-31(40)26-8-4-5-9-28(26)47(29,42)43/h4-5,8-15,17,19,23H,6-7,16,18,20H2,1-3H3,(H,35,39)(H,37,40)/t23-/m0/s1. The molecule has 3 amide bonds. The second-order valence-corrected chi connectivity index (χ2v) is 15.3. The molecule has 11 nitrogen and oxygen atoms in total. The molecule has 2 N–H and O–H groups in total. The van der Waals surface area contributed by atoms with Crippen LogP contribution in [0.25, 0.3) is 10.6 Å². The average Bonchev–Trinajstić information content (AvgIpc) is 3.70. The minimum absolute atomic E-state index is 0.0454. The number of nitrogens with one attached hydrogen (secondary N) is 2. The number of fused-ring (bicyclic) bond motifs is 2. The van der Waals surface area contributed by atoms with Crippen LogP contribution in [0.2, 0.25) is 0 Å². The fraction of sp³-hybridized carbons (Fsp3) is 0.294. The highest BCUT2D eigenvalue weighted by atomic mass is 32.2. The number of aromatic nitrogens is 1. The van der Waals surface area contributed by atoms with Gasteiger partial charge >= 0.3 is 6.09 Å². The number of amides is 3. The fourth-order valence-electron chi connectivity index (χ4n) is 5.45. The van der Waals surface area contributed by atoms with Crippen molar-refractivity contribution in [3.8, 4) is 16.3 Å². The van der Waals surface area contributed by atoms with E-state index in [1.807, 2.05) is 45.0 Å². The summed E-state index contributed by atoms with van der Waals surface area (Å²) < 4.78 is 38.0. The molecule has 0 radical (unpaired) electrons. The van der Waals surface area contributed by atoms with Crippen LogP contribution in [0.15, 0.2) is 82.7 Å². The Morgan fingerprint density at radius 3 is 2.60 bits per heavy atom. The Bertz CT molecular complexity index is 1950. The lowest BCUT2D eigenvalue weighted by molar-refractivity contribution is 0.0187. The molecule has 244 valence electrons. The number of hydrogen-bond acceptors (Lipinski definition) is 9. The predicted molar refractivity (Wildman–Crippen MR) is 176 cm³/mol. The van der Waals surface area contributed by atoms with E-state index in [0.717, 1.165) is 28.3 Å². The normalized spacial score (nSPS) is 16.8. The zero-order valence-electron chi connectivity index (χ0n) is 26.1. The molecule has 1 atom stereocenters. The van der Waals surface area contributed by atoms with Crippen molar-refractivity contribution in [2.24, 2.45) is 0 Å². The van der Waals surface area contributed by atoms with Gasteiger partial charge in [0.1, 0.15) is 23.0 Å². The monoisotopic (exact) mass is 674 g/mol. The number of anilines is 1. The molecule has 4 aromatic rings. The number of rotatable bonds is 7. The zero-order valence-corrected chi connectivity index (χ0v) is 27.7. The first kappa shape index (κ1) is 32.2. The Labute approximate surface area is 276 Å². The molecule has 2 aliphatic rings. The number of thiazole rings is 1. The predicted octanol–water partition coefficient (Wildman–Crippen LogP) is 5.92. The molecule has 0 aliphatic carbocycles. The maximum atomic E-state index is 13.2. The topological polar surface area (TPSA) is 144 Å². The number of benzene rings is 3. The molecule has 0 unspecified atom stereocenters. The quantitative estimate of drug-likeness (QED) is 0.246. The van der Waals surface area contributed by atoms with Crippen molar-refractivity contribution >= 4 is 44.8 Å². The molecular weight excluding hydrogens is 641 g/mol. The Hall–Kier alpha value is -4.75. The molecule has 0 saturated carbocycles. The molecule has 1 aromatic heterocycles. The van der Waals surface area contributed by atoms with Gasteiger partial charge in [-0.15, -0.1) is 11.3 Å². The first-order valence-corrected chi connectivity index (χ1v) is 17.4. The van der Waals surface area contributed by atoms with E-state index < -0.39 is 27.3 Å². The fourth-order valence-corrected chi connectivity index (χ4v) is 7.90. The number of carbonyl (C=O) groups is 3. The SMILES string of the molecule is CC(C)(C)OC(=O)N1CCC[C@H]1COc1ccc(-c2ncc(CNC(=O)c3ccc4c(c3)NC(=O)c3ccccc3S4(=O)=O)s2)cc1. The van der Waals surface area contributed by atoms with Crippen molar-refractivity contribution in [1.82, 2.24) is 15.2 Å². The van der Waals surface area contributed by atoms with E-state index in [9.17, 15) is 22.8 Å². The first-order valence-electron chi connectivity index (χ1n) is 15.1. The van der Waals surface area contributed by atoms with E-state index in [1.165, 1.54) is 41.7 Å². The smallest absolute Gasteiger partial charge is 0.410 e. The summed E-state index contributed by atoms with van der Waals surface area (Å²) in [5.74, 6) is -0.302. The van der Waals surface area contributed by atoms with Crippen molar-refractivity contribution in [1.29, 1.82) is 0 Å². The van der Waals surface area contributed by atoms with Gasteiger partial charge < -0.3 is 25.0 Å². The summed E-state index contributed by atoms with van der Waals surface area (Å²) in [6, 6.07) is 17.6. The Balaban J connectivity index is 1.05. The number of sulfone groups is 1. The van der Waals surface area contributed by atoms with Crippen LogP contribution in [0.1, 0.15) is 59.2 Å². The highest BCUT2D eigenvalue weighted by Gasteiger charge is 2.33. The lowest BCUT2D eigenvalue weighted by Gasteiger charge is -2.28. The summed E-state index contributed by atoms with van der Waals surface area (Å²) in [4.78, 5) is 45.2. The lowest BCUT2D eigenvalue weighted by Crippen LogP contribution is -2.42. The molecule has 1 fully saturated rings. The van der Waals surface area contributed by atoms with E-state index in [0.29, 0.717) is 18.9 Å². The molecule has 3 aromatic carbocycles. The molecule has 13 heteroatoms. The lowest BCUT2D eigenvalue weighted by atomic mass is 10.1. The zero-order chi connectivity index (χ0) is 33.3. The van der Waals surface area contributed by atoms with Crippen LogP contribution < -0.4 is 15.4 Å². The van der Waals surface area contributed by atoms with Gasteiger partial charge in [-0.1, -0.05) is 12.1 Å². The van der Waals surface area contributed by atoms with Crippen molar-refractivity contribution in [3.63, 3.8) is 0 Å². The number of ether oxygens (including phenoxy) is 2. The summed E-state index contributed by atoms with van der Waals surface area (Å²) in [6.45, 7) is 6.80. The number of hydrogen-bond donors (Lipinski definition) is 2. The summed E-state index contributed by atoms with van der Waals surface area (Å²) in [5.41, 5.74) is 0.645. The molecular formula is C34H34N4O7S2. The molecule has 0 spiro atoms. The number of nitrogens with zero attached hydrogens (tertiary/aromatic N) is 2. The second kappa shape index (κ2) is 12.8. The van der Waals surface area contributed by atoms with Gasteiger partial charge in [-0.3, -0.25) is 9.59 Å². The van der Waals surface area contributed by atoms with Gasteiger partial charge in [0.2, 0.25) is 9.84 Å². The third-order valence-electron chi connectivity index (χ3n) is 7.73. The Morgan fingerprint density at radius 1 is 1.06 bits per heavy atom. The van der Waals surface area contributed by atoms with E-state index >= 15 is 0 Å². The van der Waals surface area contributed by atoms with Gasteiger partial charge in [-0.05, 0) is 88.2 Å². The van der Waals surface area contributed by atoms with Crippen molar-refractivity contribution in [3.05, 3.63) is 88.9 Å². The molecule has 0 bridgehead atoms. The van der Waals surface area contributed by atoms with Crippen LogP contribution in [0.3, 0.4) is 0 Å². The highest BCUT2D eigenvalue weighted by Crippen LogP contribution is 2.34. The Morgan fingerprint density at radius 2 is 1.83 bits per heavy atom. The summed E-state index contributed by atoms with van der Waals surface area (Å²) in [7, 11) is -3.96. The van der Waals surface area contributed by atoms with Crippen LogP contribution in [-0.2, 0) is 21.1 Å². The second-order valence-electron chi connectivity index (χ2n) is 12.3. The third kappa shape index (κ3) is 7.00. The molecule has 2 aliphatic heterocycles.